The predicted octanol–water partition coefficient (Wildman–Crippen LogP) is 0.126. The first-order chi connectivity index (χ1) is 7.43. The van der Waals surface area contributed by atoms with E-state index >= 15 is 0 Å². The zero-order valence-corrected chi connectivity index (χ0v) is 9.65. The zero-order valence-electron chi connectivity index (χ0n) is 9.65. The highest BCUT2D eigenvalue weighted by molar-refractivity contribution is 6.15. The Kier molecular flexibility index (Phi) is 4.00. The molecule has 90 valence electrons. The number of rotatable bonds is 4. The molecule has 6 nitrogen and oxygen atoms in total. The maximum Gasteiger partial charge on any atom is 0.330 e. The van der Waals surface area contributed by atoms with Gasteiger partial charge in [-0.3, -0.25) is 19.8 Å². The summed E-state index contributed by atoms with van der Waals surface area (Å²) in [6.45, 7) is 5.65. The number of imide groups is 2. The van der Waals surface area contributed by atoms with Gasteiger partial charge in [0.1, 0.15) is 5.92 Å². The van der Waals surface area contributed by atoms with Gasteiger partial charge in [-0.1, -0.05) is 0 Å². The summed E-state index contributed by atoms with van der Waals surface area (Å²) in [6, 6.07) is -0.666. The third-order valence-electron chi connectivity index (χ3n) is 2.27. The fraction of sp³-hybridized carbons (Fsp3) is 0.700. The van der Waals surface area contributed by atoms with E-state index in [0.717, 1.165) is 4.90 Å². The molecule has 1 unspecified atom stereocenters. The van der Waals surface area contributed by atoms with Crippen molar-refractivity contribution in [2.24, 2.45) is 5.92 Å². The van der Waals surface area contributed by atoms with Crippen LogP contribution in [0.25, 0.3) is 0 Å². The first-order valence-corrected chi connectivity index (χ1v) is 5.21. The molecule has 6 heteroatoms. The summed E-state index contributed by atoms with van der Waals surface area (Å²) in [6.07, 6.45) is 0.0435. The van der Waals surface area contributed by atoms with E-state index in [2.05, 4.69) is 5.32 Å². The molecule has 1 N–H and O–H groups in total. The van der Waals surface area contributed by atoms with Crippen molar-refractivity contribution in [3.8, 4) is 0 Å². The molecule has 0 radical (unpaired) electrons. The zero-order chi connectivity index (χ0) is 12.3. The van der Waals surface area contributed by atoms with Crippen molar-refractivity contribution < 1.29 is 19.1 Å². The topological polar surface area (TPSA) is 75.7 Å². The van der Waals surface area contributed by atoms with E-state index in [1.54, 1.807) is 0 Å². The molecule has 1 atom stereocenters. The number of carbonyl (C=O) groups is 3. The van der Waals surface area contributed by atoms with Crippen LogP contribution in [0.3, 0.4) is 0 Å². The molecule has 0 aromatic carbocycles. The van der Waals surface area contributed by atoms with Crippen LogP contribution in [0.1, 0.15) is 20.8 Å². The Bertz CT molecular complexity index is 314. The summed E-state index contributed by atoms with van der Waals surface area (Å²) in [7, 11) is 0. The van der Waals surface area contributed by atoms with Gasteiger partial charge >= 0.3 is 6.03 Å². The molecule has 0 aromatic heterocycles. The van der Waals surface area contributed by atoms with Crippen molar-refractivity contribution in [3.63, 3.8) is 0 Å². The fourth-order valence-electron chi connectivity index (χ4n) is 1.32. The van der Waals surface area contributed by atoms with Crippen molar-refractivity contribution in [3.05, 3.63) is 0 Å². The molecule has 4 amide bonds. The number of nitrogens with one attached hydrogen (secondary N) is 1. The third kappa shape index (κ3) is 2.79. The lowest BCUT2D eigenvalue weighted by atomic mass is 10.1. The van der Waals surface area contributed by atoms with E-state index in [1.807, 2.05) is 13.8 Å². The molecule has 1 aliphatic heterocycles. The molecular weight excluding hydrogens is 212 g/mol. The van der Waals surface area contributed by atoms with Gasteiger partial charge in [0.2, 0.25) is 11.8 Å². The molecule has 1 aliphatic rings. The molecule has 1 heterocycles. The highest BCUT2D eigenvalue weighted by Gasteiger charge is 2.36. The Morgan fingerprint density at radius 3 is 2.56 bits per heavy atom. The van der Waals surface area contributed by atoms with Crippen LogP contribution >= 0.6 is 0 Å². The Morgan fingerprint density at radius 2 is 2.00 bits per heavy atom. The molecule has 1 rings (SSSR count). The maximum absolute atomic E-state index is 11.6. The molecule has 1 fully saturated rings. The summed E-state index contributed by atoms with van der Waals surface area (Å²) in [5.41, 5.74) is 0. The summed E-state index contributed by atoms with van der Waals surface area (Å²) >= 11 is 0. The molecule has 1 saturated heterocycles. The van der Waals surface area contributed by atoms with Crippen LogP contribution in [0.5, 0.6) is 0 Å². The average molecular weight is 228 g/mol. The number of hydrogen-bond donors (Lipinski definition) is 1. The average Bonchev–Trinajstić information content (AvgIpc) is 2.19. The lowest BCUT2D eigenvalue weighted by Gasteiger charge is -2.28. The number of hydrogen-bond acceptors (Lipinski definition) is 4. The summed E-state index contributed by atoms with van der Waals surface area (Å²) in [5, 5.41) is 2.12. The normalized spacial score (nSPS) is 21.6. The van der Waals surface area contributed by atoms with Crippen LogP contribution in [0.2, 0.25) is 0 Å². The smallest absolute Gasteiger partial charge is 0.330 e. The maximum atomic E-state index is 11.6. The van der Waals surface area contributed by atoms with Gasteiger partial charge in [-0.25, -0.2) is 4.79 Å². The summed E-state index contributed by atoms with van der Waals surface area (Å²) < 4.78 is 5.24. The predicted molar refractivity (Wildman–Crippen MR) is 55.5 cm³/mol. The van der Waals surface area contributed by atoms with Crippen molar-refractivity contribution in [1.82, 2.24) is 10.2 Å². The van der Waals surface area contributed by atoms with Crippen molar-refractivity contribution in [2.75, 3.05) is 13.2 Å². The van der Waals surface area contributed by atoms with E-state index in [0.29, 0.717) is 0 Å². The number of ether oxygens (including phenoxy) is 1. The Hall–Kier alpha value is -1.43. The quantitative estimate of drug-likeness (QED) is 0.694. The molecule has 0 spiro atoms. The molecule has 16 heavy (non-hydrogen) atoms. The van der Waals surface area contributed by atoms with Gasteiger partial charge in [-0.2, -0.15) is 0 Å². The van der Waals surface area contributed by atoms with E-state index in [-0.39, 0.29) is 19.3 Å². The van der Waals surface area contributed by atoms with E-state index in [4.69, 9.17) is 4.74 Å². The minimum absolute atomic E-state index is 0.0435. The second-order valence-electron chi connectivity index (χ2n) is 3.93. The van der Waals surface area contributed by atoms with Crippen LogP contribution in [-0.2, 0) is 14.3 Å². The first-order valence-electron chi connectivity index (χ1n) is 5.21. The van der Waals surface area contributed by atoms with Crippen LogP contribution < -0.4 is 5.32 Å². The Morgan fingerprint density at radius 1 is 1.38 bits per heavy atom. The van der Waals surface area contributed by atoms with E-state index in [1.165, 1.54) is 6.92 Å². The number of barbiturate groups is 1. The van der Waals surface area contributed by atoms with Gasteiger partial charge < -0.3 is 4.74 Å². The lowest BCUT2D eigenvalue weighted by molar-refractivity contribution is -0.142. The van der Waals surface area contributed by atoms with Gasteiger partial charge in [0.25, 0.3) is 0 Å². The minimum Gasteiger partial charge on any atom is -0.377 e. The largest absolute Gasteiger partial charge is 0.377 e. The molecule has 0 saturated carbocycles. The SMILES string of the molecule is CC(C)OCCN1C(=O)NC(=O)C(C)C1=O. The van der Waals surface area contributed by atoms with Crippen molar-refractivity contribution >= 4 is 17.8 Å². The number of carbonyl (C=O) groups excluding carboxylic acids is 3. The van der Waals surface area contributed by atoms with Gasteiger partial charge in [0.15, 0.2) is 0 Å². The fourth-order valence-corrected chi connectivity index (χ4v) is 1.32. The molecule has 0 bridgehead atoms. The van der Waals surface area contributed by atoms with Crippen molar-refractivity contribution in [2.45, 2.75) is 26.9 Å². The van der Waals surface area contributed by atoms with Crippen molar-refractivity contribution in [1.29, 1.82) is 0 Å². The Balaban J connectivity index is 2.55. The number of amides is 4. The summed E-state index contributed by atoms with van der Waals surface area (Å²) in [5.74, 6) is -1.83. The van der Waals surface area contributed by atoms with E-state index in [9.17, 15) is 14.4 Å². The van der Waals surface area contributed by atoms with Gasteiger partial charge in [0, 0.05) is 0 Å². The van der Waals surface area contributed by atoms with Gasteiger partial charge in [-0.15, -0.1) is 0 Å². The third-order valence-corrected chi connectivity index (χ3v) is 2.27. The minimum atomic E-state index is -0.809. The van der Waals surface area contributed by atoms with Gasteiger partial charge in [0.05, 0.1) is 19.3 Å². The highest BCUT2D eigenvalue weighted by Crippen LogP contribution is 2.09. The van der Waals surface area contributed by atoms with Crippen LogP contribution in [0.4, 0.5) is 4.79 Å². The van der Waals surface area contributed by atoms with Crippen LogP contribution in [-0.4, -0.2) is 42.0 Å². The first kappa shape index (κ1) is 12.6. The van der Waals surface area contributed by atoms with Gasteiger partial charge in [-0.05, 0) is 20.8 Å². The second-order valence-corrected chi connectivity index (χ2v) is 3.93. The lowest BCUT2D eigenvalue weighted by Crippen LogP contribution is -2.57. The molecule has 0 aromatic rings. The number of urea groups is 1. The van der Waals surface area contributed by atoms with Crippen LogP contribution in [0.15, 0.2) is 0 Å². The molecular formula is C10H16N2O4. The second kappa shape index (κ2) is 5.07. The Labute approximate surface area is 93.9 Å². The molecule has 0 aliphatic carbocycles. The highest BCUT2D eigenvalue weighted by atomic mass is 16.5. The standard InChI is InChI=1S/C10H16N2O4/c1-6(2)16-5-4-12-9(14)7(3)8(13)11-10(12)15/h6-7H,4-5H2,1-3H3,(H,11,13,15). The van der Waals surface area contributed by atoms with Crippen LogP contribution in [0, 0.1) is 5.92 Å². The van der Waals surface area contributed by atoms with E-state index < -0.39 is 23.8 Å². The summed E-state index contributed by atoms with van der Waals surface area (Å²) in [4.78, 5) is 35.1. The number of nitrogens with zero attached hydrogens (tertiary/aromatic N) is 1. The monoisotopic (exact) mass is 228 g/mol.